The SMILES string of the molecule is C=C1CCC2C(C)(C)CCC[C@]2(C)C1C/C=C(\CO)C(=O)O. The van der Waals surface area contributed by atoms with E-state index >= 15 is 0 Å². The first kappa shape index (κ1) is 17.3. The first-order valence-electron chi connectivity index (χ1n) is 8.43. The Morgan fingerprint density at radius 2 is 2.05 bits per heavy atom. The standard InChI is InChI=1S/C19H30O3/c1-13-6-9-16-18(2,3)10-5-11-19(16,4)15(13)8-7-14(12-20)17(21)22/h7,15-16,20H,1,5-6,8-12H2,2-4H3,(H,21,22)/b14-7+/t15?,16?,19-/m1/s1. The molecule has 2 fully saturated rings. The summed E-state index contributed by atoms with van der Waals surface area (Å²) < 4.78 is 0. The molecule has 3 nitrogen and oxygen atoms in total. The zero-order valence-electron chi connectivity index (χ0n) is 14.2. The Kier molecular flexibility index (Phi) is 4.86. The molecule has 0 aromatic rings. The van der Waals surface area contributed by atoms with Crippen LogP contribution in [0.4, 0.5) is 0 Å². The maximum atomic E-state index is 11.1. The lowest BCUT2D eigenvalue weighted by Gasteiger charge is -2.58. The number of carboxylic acid groups (broad SMARTS) is 1. The molecule has 0 aromatic heterocycles. The maximum Gasteiger partial charge on any atom is 0.333 e. The predicted molar refractivity (Wildman–Crippen MR) is 88.5 cm³/mol. The Morgan fingerprint density at radius 3 is 2.64 bits per heavy atom. The summed E-state index contributed by atoms with van der Waals surface area (Å²) in [7, 11) is 0. The third kappa shape index (κ3) is 3.01. The third-order valence-electron chi connectivity index (χ3n) is 6.36. The molecule has 3 heteroatoms. The highest BCUT2D eigenvalue weighted by atomic mass is 16.4. The Balaban J connectivity index is 2.28. The lowest BCUT2D eigenvalue weighted by Crippen LogP contribution is -2.49. The highest BCUT2D eigenvalue weighted by Crippen LogP contribution is 2.61. The van der Waals surface area contributed by atoms with Gasteiger partial charge in [0.2, 0.25) is 0 Å². The van der Waals surface area contributed by atoms with Gasteiger partial charge < -0.3 is 10.2 Å². The van der Waals surface area contributed by atoms with Crippen molar-refractivity contribution in [1.82, 2.24) is 0 Å². The molecule has 2 N–H and O–H groups in total. The predicted octanol–water partition coefficient (Wildman–Crippen LogP) is 4.18. The number of fused-ring (bicyclic) bond motifs is 1. The summed E-state index contributed by atoms with van der Waals surface area (Å²) >= 11 is 0. The van der Waals surface area contributed by atoms with Crippen LogP contribution < -0.4 is 0 Å². The highest BCUT2D eigenvalue weighted by molar-refractivity contribution is 5.86. The molecule has 2 aliphatic rings. The summed E-state index contributed by atoms with van der Waals surface area (Å²) in [5.74, 6) is -0.0265. The van der Waals surface area contributed by atoms with Crippen molar-refractivity contribution in [2.75, 3.05) is 6.61 Å². The Labute approximate surface area is 134 Å². The van der Waals surface area contributed by atoms with Gasteiger partial charge in [0.1, 0.15) is 0 Å². The van der Waals surface area contributed by atoms with E-state index in [4.69, 9.17) is 5.11 Å². The van der Waals surface area contributed by atoms with E-state index in [1.807, 2.05) is 0 Å². The lowest BCUT2D eigenvalue weighted by molar-refractivity contribution is -0.133. The van der Waals surface area contributed by atoms with E-state index in [0.717, 1.165) is 6.42 Å². The van der Waals surface area contributed by atoms with E-state index in [-0.39, 0.29) is 11.0 Å². The molecule has 0 aromatic carbocycles. The summed E-state index contributed by atoms with van der Waals surface area (Å²) in [6.07, 6.45) is 8.36. The van der Waals surface area contributed by atoms with Gasteiger partial charge in [-0.15, -0.1) is 0 Å². The van der Waals surface area contributed by atoms with Gasteiger partial charge in [0.25, 0.3) is 0 Å². The van der Waals surface area contributed by atoms with Gasteiger partial charge in [-0.2, -0.15) is 0 Å². The molecule has 2 aliphatic carbocycles. The molecule has 0 aliphatic heterocycles. The molecule has 0 spiro atoms. The summed E-state index contributed by atoms with van der Waals surface area (Å²) in [5.41, 5.74) is 1.92. The number of hydrogen-bond acceptors (Lipinski definition) is 2. The van der Waals surface area contributed by atoms with Gasteiger partial charge in [-0.25, -0.2) is 4.79 Å². The third-order valence-corrected chi connectivity index (χ3v) is 6.36. The number of aliphatic carboxylic acids is 1. The summed E-state index contributed by atoms with van der Waals surface area (Å²) in [6.45, 7) is 11.0. The monoisotopic (exact) mass is 306 g/mol. The molecule has 22 heavy (non-hydrogen) atoms. The second-order valence-electron chi connectivity index (χ2n) is 8.08. The van der Waals surface area contributed by atoms with E-state index in [2.05, 4.69) is 27.4 Å². The molecule has 0 heterocycles. The normalized spacial score (nSPS) is 35.1. The molecule has 124 valence electrons. The first-order valence-corrected chi connectivity index (χ1v) is 8.43. The molecule has 0 saturated heterocycles. The van der Waals surface area contributed by atoms with Crippen LogP contribution in [0, 0.1) is 22.7 Å². The Hall–Kier alpha value is -1.09. The minimum Gasteiger partial charge on any atom is -0.478 e. The molecule has 0 amide bonds. The van der Waals surface area contributed by atoms with E-state index in [1.165, 1.54) is 31.3 Å². The van der Waals surface area contributed by atoms with E-state index in [9.17, 15) is 9.90 Å². The fourth-order valence-corrected chi connectivity index (χ4v) is 5.19. The van der Waals surface area contributed by atoms with Gasteiger partial charge >= 0.3 is 5.97 Å². The van der Waals surface area contributed by atoms with Crippen LogP contribution in [0.1, 0.15) is 59.3 Å². The van der Waals surface area contributed by atoms with Crippen molar-refractivity contribution in [3.8, 4) is 0 Å². The number of carboxylic acids is 1. The van der Waals surface area contributed by atoms with Gasteiger partial charge in [-0.05, 0) is 54.8 Å². The molecule has 2 saturated carbocycles. The molecule has 2 rings (SSSR count). The molecule has 2 unspecified atom stereocenters. The zero-order valence-corrected chi connectivity index (χ0v) is 14.2. The quantitative estimate of drug-likeness (QED) is 0.605. The second kappa shape index (κ2) is 6.19. The lowest BCUT2D eigenvalue weighted by atomic mass is 9.47. The fourth-order valence-electron chi connectivity index (χ4n) is 5.19. The van der Waals surface area contributed by atoms with Gasteiger partial charge in [-0.1, -0.05) is 45.4 Å². The van der Waals surface area contributed by atoms with Crippen molar-refractivity contribution in [3.05, 3.63) is 23.8 Å². The number of carbonyl (C=O) groups is 1. The van der Waals surface area contributed by atoms with E-state index < -0.39 is 12.6 Å². The average Bonchev–Trinajstić information content (AvgIpc) is 2.40. The van der Waals surface area contributed by atoms with Crippen molar-refractivity contribution in [2.24, 2.45) is 22.7 Å². The van der Waals surface area contributed by atoms with Crippen molar-refractivity contribution in [1.29, 1.82) is 0 Å². The van der Waals surface area contributed by atoms with Crippen LogP contribution in [0.3, 0.4) is 0 Å². The van der Waals surface area contributed by atoms with Gasteiger partial charge in [0, 0.05) is 0 Å². The molecular weight excluding hydrogens is 276 g/mol. The molecule has 0 radical (unpaired) electrons. The van der Waals surface area contributed by atoms with Crippen LogP contribution in [0.25, 0.3) is 0 Å². The number of allylic oxidation sites excluding steroid dienone is 2. The highest BCUT2D eigenvalue weighted by Gasteiger charge is 2.52. The van der Waals surface area contributed by atoms with Crippen LogP contribution in [0.15, 0.2) is 23.8 Å². The van der Waals surface area contributed by atoms with E-state index in [0.29, 0.717) is 23.7 Å². The minimum atomic E-state index is -1.02. The summed E-state index contributed by atoms with van der Waals surface area (Å²) in [6, 6.07) is 0. The molecular formula is C19H30O3. The van der Waals surface area contributed by atoms with E-state index in [1.54, 1.807) is 6.08 Å². The smallest absolute Gasteiger partial charge is 0.333 e. The van der Waals surface area contributed by atoms with Crippen LogP contribution in [-0.2, 0) is 4.79 Å². The first-order chi connectivity index (χ1) is 10.2. The average molecular weight is 306 g/mol. The van der Waals surface area contributed by atoms with Gasteiger partial charge in [0.15, 0.2) is 0 Å². The summed E-state index contributed by atoms with van der Waals surface area (Å²) in [4.78, 5) is 11.1. The topological polar surface area (TPSA) is 57.5 Å². The number of aliphatic hydroxyl groups is 1. The summed E-state index contributed by atoms with van der Waals surface area (Å²) in [5, 5.41) is 18.3. The molecule has 0 bridgehead atoms. The van der Waals surface area contributed by atoms with Gasteiger partial charge in [0.05, 0.1) is 12.2 Å². The van der Waals surface area contributed by atoms with Crippen molar-refractivity contribution < 1.29 is 15.0 Å². The Morgan fingerprint density at radius 1 is 1.36 bits per heavy atom. The number of hydrogen-bond donors (Lipinski definition) is 2. The van der Waals surface area contributed by atoms with Crippen molar-refractivity contribution in [2.45, 2.75) is 59.3 Å². The minimum absolute atomic E-state index is 0.105. The van der Waals surface area contributed by atoms with Gasteiger partial charge in [-0.3, -0.25) is 0 Å². The maximum absolute atomic E-state index is 11.1. The van der Waals surface area contributed by atoms with Crippen LogP contribution in [-0.4, -0.2) is 22.8 Å². The van der Waals surface area contributed by atoms with Crippen molar-refractivity contribution in [3.63, 3.8) is 0 Å². The molecule has 3 atom stereocenters. The second-order valence-corrected chi connectivity index (χ2v) is 8.08. The number of rotatable bonds is 4. The van der Waals surface area contributed by atoms with Crippen LogP contribution in [0.5, 0.6) is 0 Å². The van der Waals surface area contributed by atoms with Crippen LogP contribution in [0.2, 0.25) is 0 Å². The fraction of sp³-hybridized carbons (Fsp3) is 0.737. The number of aliphatic hydroxyl groups excluding tert-OH is 1. The van der Waals surface area contributed by atoms with Crippen LogP contribution >= 0.6 is 0 Å². The zero-order chi connectivity index (χ0) is 16.5. The van der Waals surface area contributed by atoms with Crippen molar-refractivity contribution >= 4 is 5.97 Å². The largest absolute Gasteiger partial charge is 0.478 e. The Bertz CT molecular complexity index is 489.